The second-order valence-electron chi connectivity index (χ2n) is 6.48. The summed E-state index contributed by atoms with van der Waals surface area (Å²) < 4.78 is 0. The molecule has 120 valence electrons. The van der Waals surface area contributed by atoms with E-state index in [2.05, 4.69) is 20.6 Å². The molecule has 2 bridgehead atoms. The van der Waals surface area contributed by atoms with E-state index in [1.165, 1.54) is 24.2 Å². The van der Waals surface area contributed by atoms with Crippen molar-refractivity contribution >= 4 is 22.4 Å². The number of carbonyl (C=O) groups excluding carboxylic acids is 1. The van der Waals surface area contributed by atoms with E-state index < -0.39 is 0 Å². The smallest absolute Gasteiger partial charge is 0.226 e. The number of anilines is 1. The maximum absolute atomic E-state index is 12.3. The average Bonchev–Trinajstić information content (AvgIpc) is 3.15. The highest BCUT2D eigenvalue weighted by Gasteiger charge is 2.34. The van der Waals surface area contributed by atoms with E-state index in [9.17, 15) is 4.79 Å². The molecule has 0 aromatic carbocycles. The molecule has 0 spiro atoms. The predicted octanol–water partition coefficient (Wildman–Crippen LogP) is 3.06. The average molecular weight is 328 g/mol. The second-order valence-corrected chi connectivity index (χ2v) is 7.34. The van der Waals surface area contributed by atoms with Gasteiger partial charge in [0.15, 0.2) is 5.13 Å². The Balaban J connectivity index is 1.35. The number of nitrogens with one attached hydrogen (secondary N) is 2. The third-order valence-corrected chi connectivity index (χ3v) is 5.48. The third kappa shape index (κ3) is 3.43. The van der Waals surface area contributed by atoms with Crippen molar-refractivity contribution in [3.8, 4) is 11.4 Å². The number of carbonyl (C=O) groups is 1. The zero-order chi connectivity index (χ0) is 15.6. The fraction of sp³-hybridized carbons (Fsp3) is 0.471. The Hall–Kier alpha value is -1.79. The number of aromatic nitrogens is 2. The summed E-state index contributed by atoms with van der Waals surface area (Å²) in [7, 11) is 0. The van der Waals surface area contributed by atoms with Crippen LogP contribution in [-0.2, 0) is 4.79 Å². The highest BCUT2D eigenvalue weighted by molar-refractivity contribution is 7.14. The Morgan fingerprint density at radius 3 is 2.83 bits per heavy atom. The van der Waals surface area contributed by atoms with Crippen molar-refractivity contribution in [3.63, 3.8) is 0 Å². The van der Waals surface area contributed by atoms with Gasteiger partial charge < -0.3 is 10.6 Å². The summed E-state index contributed by atoms with van der Waals surface area (Å²) in [6.45, 7) is 0. The van der Waals surface area contributed by atoms with E-state index in [1.54, 1.807) is 6.20 Å². The topological polar surface area (TPSA) is 66.9 Å². The number of fused-ring (bicyclic) bond motifs is 2. The van der Waals surface area contributed by atoms with Gasteiger partial charge in [0.25, 0.3) is 0 Å². The van der Waals surface area contributed by atoms with Gasteiger partial charge in [-0.15, -0.1) is 11.3 Å². The molecule has 5 nitrogen and oxygen atoms in total. The molecule has 0 aliphatic carbocycles. The minimum Gasteiger partial charge on any atom is -0.311 e. The van der Waals surface area contributed by atoms with Crippen LogP contribution in [0.15, 0.2) is 29.8 Å². The van der Waals surface area contributed by atoms with Crippen molar-refractivity contribution in [3.05, 3.63) is 29.8 Å². The molecule has 23 heavy (non-hydrogen) atoms. The lowest BCUT2D eigenvalue weighted by Gasteiger charge is -2.28. The summed E-state index contributed by atoms with van der Waals surface area (Å²) in [5.41, 5.74) is 1.64. The normalized spacial score (nSPS) is 26.2. The van der Waals surface area contributed by atoms with E-state index >= 15 is 0 Å². The van der Waals surface area contributed by atoms with Gasteiger partial charge in [-0.25, -0.2) is 4.98 Å². The van der Waals surface area contributed by atoms with Gasteiger partial charge in [-0.2, -0.15) is 0 Å². The lowest BCUT2D eigenvalue weighted by atomic mass is 9.89. The van der Waals surface area contributed by atoms with Crippen LogP contribution < -0.4 is 10.6 Å². The first-order chi connectivity index (χ1) is 11.3. The molecular formula is C17H20N4OS. The summed E-state index contributed by atoms with van der Waals surface area (Å²) in [5.74, 6) is 0.585. The van der Waals surface area contributed by atoms with Gasteiger partial charge in [0.1, 0.15) is 5.69 Å². The van der Waals surface area contributed by atoms with Crippen molar-refractivity contribution in [2.45, 2.75) is 44.2 Å². The molecule has 2 unspecified atom stereocenters. The SMILES string of the molecule is O=C(CC1CC2CCC(C1)N2)Nc1nc(-c2ccccn2)cs1. The van der Waals surface area contributed by atoms with Crippen LogP contribution in [0.5, 0.6) is 0 Å². The monoisotopic (exact) mass is 328 g/mol. The molecule has 2 saturated heterocycles. The molecule has 2 aromatic rings. The molecule has 2 fully saturated rings. The summed E-state index contributed by atoms with van der Waals surface area (Å²) in [5, 5.41) is 9.16. The Morgan fingerprint density at radius 1 is 1.26 bits per heavy atom. The van der Waals surface area contributed by atoms with Crippen molar-refractivity contribution in [1.29, 1.82) is 0 Å². The van der Waals surface area contributed by atoms with E-state index in [4.69, 9.17) is 0 Å². The third-order valence-electron chi connectivity index (χ3n) is 4.72. The van der Waals surface area contributed by atoms with E-state index in [1.807, 2.05) is 23.6 Å². The van der Waals surface area contributed by atoms with Gasteiger partial charge in [0.2, 0.25) is 5.91 Å². The Labute approximate surface area is 139 Å². The van der Waals surface area contributed by atoms with Crippen LogP contribution >= 0.6 is 11.3 Å². The fourth-order valence-corrected chi connectivity index (χ4v) is 4.46. The van der Waals surface area contributed by atoms with Gasteiger partial charge in [-0.1, -0.05) is 6.07 Å². The molecule has 0 radical (unpaired) electrons. The second kappa shape index (κ2) is 6.37. The number of pyridine rings is 1. The summed E-state index contributed by atoms with van der Waals surface area (Å²) in [6.07, 6.45) is 7.14. The molecule has 2 aliphatic rings. The first-order valence-electron chi connectivity index (χ1n) is 8.19. The van der Waals surface area contributed by atoms with E-state index in [0.29, 0.717) is 29.6 Å². The molecule has 2 aliphatic heterocycles. The number of amides is 1. The van der Waals surface area contributed by atoms with Crippen LogP contribution in [0.2, 0.25) is 0 Å². The largest absolute Gasteiger partial charge is 0.311 e. The summed E-state index contributed by atoms with van der Waals surface area (Å²) in [6, 6.07) is 6.99. The molecule has 6 heteroatoms. The van der Waals surface area contributed by atoms with Crippen LogP contribution in [0.1, 0.15) is 32.1 Å². The van der Waals surface area contributed by atoms with Gasteiger partial charge in [-0.3, -0.25) is 9.78 Å². The van der Waals surface area contributed by atoms with Crippen LogP contribution in [0, 0.1) is 5.92 Å². The number of thiazole rings is 1. The van der Waals surface area contributed by atoms with Crippen molar-refractivity contribution in [2.24, 2.45) is 5.92 Å². The maximum Gasteiger partial charge on any atom is 0.226 e. The van der Waals surface area contributed by atoms with Crippen LogP contribution in [0.25, 0.3) is 11.4 Å². The molecule has 2 atom stereocenters. The van der Waals surface area contributed by atoms with Gasteiger partial charge in [-0.05, 0) is 43.7 Å². The number of hydrogen-bond donors (Lipinski definition) is 2. The molecule has 2 aromatic heterocycles. The molecule has 4 rings (SSSR count). The Morgan fingerprint density at radius 2 is 2.09 bits per heavy atom. The van der Waals surface area contributed by atoms with Crippen molar-refractivity contribution in [2.75, 3.05) is 5.32 Å². The lowest BCUT2D eigenvalue weighted by molar-refractivity contribution is -0.117. The zero-order valence-corrected chi connectivity index (χ0v) is 13.7. The quantitative estimate of drug-likeness (QED) is 0.905. The van der Waals surface area contributed by atoms with Crippen LogP contribution in [-0.4, -0.2) is 28.0 Å². The van der Waals surface area contributed by atoms with Crippen molar-refractivity contribution < 1.29 is 4.79 Å². The highest BCUT2D eigenvalue weighted by Crippen LogP contribution is 2.33. The Bertz CT molecular complexity index is 675. The van der Waals surface area contributed by atoms with Gasteiger partial charge in [0.05, 0.1) is 5.69 Å². The molecule has 1 amide bonds. The maximum atomic E-state index is 12.3. The Kier molecular flexibility index (Phi) is 4.10. The number of hydrogen-bond acceptors (Lipinski definition) is 5. The number of piperidine rings is 1. The zero-order valence-electron chi connectivity index (χ0n) is 12.9. The standard InChI is InChI=1S/C17H20N4OS/c22-16(9-11-7-12-4-5-13(8-11)19-12)21-17-20-15(10-23-17)14-3-1-2-6-18-14/h1-3,6,10-13,19H,4-5,7-9H2,(H,20,21,22). The fourth-order valence-electron chi connectivity index (χ4n) is 3.74. The van der Waals surface area contributed by atoms with Crippen molar-refractivity contribution in [1.82, 2.24) is 15.3 Å². The molecular weight excluding hydrogens is 308 g/mol. The molecule has 4 heterocycles. The predicted molar refractivity (Wildman–Crippen MR) is 91.3 cm³/mol. The first kappa shape index (κ1) is 14.8. The minimum atomic E-state index is 0.0817. The lowest BCUT2D eigenvalue weighted by Crippen LogP contribution is -2.39. The van der Waals surface area contributed by atoms with E-state index in [0.717, 1.165) is 24.2 Å². The van der Waals surface area contributed by atoms with Gasteiger partial charge >= 0.3 is 0 Å². The van der Waals surface area contributed by atoms with Crippen LogP contribution in [0.4, 0.5) is 5.13 Å². The summed E-state index contributed by atoms with van der Waals surface area (Å²) >= 11 is 1.45. The van der Waals surface area contributed by atoms with Crippen LogP contribution in [0.3, 0.4) is 0 Å². The molecule has 0 saturated carbocycles. The van der Waals surface area contributed by atoms with Gasteiger partial charge in [0, 0.05) is 30.1 Å². The molecule has 2 N–H and O–H groups in total. The highest BCUT2D eigenvalue weighted by atomic mass is 32.1. The number of nitrogens with zero attached hydrogens (tertiary/aromatic N) is 2. The minimum absolute atomic E-state index is 0.0817. The summed E-state index contributed by atoms with van der Waals surface area (Å²) in [4.78, 5) is 21.0. The van der Waals surface area contributed by atoms with E-state index in [-0.39, 0.29) is 5.91 Å². The first-order valence-corrected chi connectivity index (χ1v) is 9.07. The number of rotatable bonds is 4.